The maximum Gasteiger partial charge on any atom is 2.00 e. The van der Waals surface area contributed by atoms with Crippen LogP contribution in [0.15, 0.2) is 0 Å². The van der Waals surface area contributed by atoms with Crippen LogP contribution in [0.4, 0.5) is 0 Å². The molecule has 1 nitrogen and oxygen atoms in total. The molecule has 0 spiro atoms. The van der Waals surface area contributed by atoms with Gasteiger partial charge in [0.05, 0.1) is 0 Å². The van der Waals surface area contributed by atoms with Crippen LogP contribution in [0.3, 0.4) is 0 Å². The van der Waals surface area contributed by atoms with Crippen molar-refractivity contribution < 1.29 is 37.9 Å². The molecule has 0 saturated carbocycles. The second kappa shape index (κ2) is 6.52. The summed E-state index contributed by atoms with van der Waals surface area (Å²) in [5.74, 6) is 0. The van der Waals surface area contributed by atoms with Crippen molar-refractivity contribution in [1.29, 1.82) is 0 Å². The zero-order chi connectivity index (χ0) is 6.78. The summed E-state index contributed by atoms with van der Waals surface area (Å²) in [6.07, 6.45) is 1.20. The molecule has 0 bridgehead atoms. The molecule has 0 N–H and O–H groups in total. The smallest absolute Gasteiger partial charge is 0.358 e. The Balaban J connectivity index is -0.000000245. The van der Waals surface area contributed by atoms with Gasteiger partial charge in [-0.3, -0.25) is 0 Å². The molecule has 0 amide bonds. The van der Waals surface area contributed by atoms with E-state index in [9.17, 15) is 0 Å². The minimum absolute atomic E-state index is 0. The van der Waals surface area contributed by atoms with Crippen molar-refractivity contribution in [3.8, 4) is 0 Å². The Morgan fingerprint density at radius 3 is 1.70 bits per heavy atom. The molecule has 0 saturated heterocycles. The van der Waals surface area contributed by atoms with Gasteiger partial charge >= 0.3 is 79.6 Å². The summed E-state index contributed by atoms with van der Waals surface area (Å²) in [4.78, 5) is 0. The molecule has 0 aromatic carbocycles. The van der Waals surface area contributed by atoms with E-state index >= 15 is 0 Å². The molecular formula is C7H13NVW. The predicted molar refractivity (Wildman–Crippen MR) is 40.3 cm³/mol. The van der Waals surface area contributed by atoms with Crippen LogP contribution in [0.1, 0.15) is 20.8 Å². The first-order chi connectivity index (χ1) is 3.48. The molecule has 1 radical (unpaired) electrons. The van der Waals surface area contributed by atoms with Crippen molar-refractivity contribution >= 4 is 10.1 Å². The van der Waals surface area contributed by atoms with E-state index < -0.39 is 0 Å². The minimum atomic E-state index is 0. The number of hydrogen-bond acceptors (Lipinski definition) is 0. The molecule has 0 aromatic rings. The van der Waals surface area contributed by atoms with Gasteiger partial charge in [0.25, 0.3) is 0 Å². The van der Waals surface area contributed by atoms with Crippen molar-refractivity contribution in [2.75, 3.05) is 0 Å². The van der Waals surface area contributed by atoms with Crippen LogP contribution in [0.2, 0.25) is 0 Å². The third-order valence-electron chi connectivity index (χ3n) is 0.856. The van der Waals surface area contributed by atoms with E-state index in [4.69, 9.17) is 5.41 Å². The maximum atomic E-state index is 8.53. The van der Waals surface area contributed by atoms with Gasteiger partial charge in [-0.2, -0.15) is 0 Å². The van der Waals surface area contributed by atoms with E-state index in [0.717, 1.165) is 3.90 Å². The number of rotatable bonds is 1. The van der Waals surface area contributed by atoms with Gasteiger partial charge in [-0.05, 0) is 0 Å². The first-order valence-corrected chi connectivity index (χ1v) is 3.97. The summed E-state index contributed by atoms with van der Waals surface area (Å²) in [7, 11) is 0. The topological polar surface area (TPSA) is 22.3 Å². The molecule has 0 atom stereocenters. The van der Waals surface area contributed by atoms with Crippen LogP contribution in [0.5, 0.6) is 0 Å². The Labute approximate surface area is 86.8 Å². The summed E-state index contributed by atoms with van der Waals surface area (Å²) < 4.78 is 1.09. The molecule has 3 heteroatoms. The van der Waals surface area contributed by atoms with Crippen LogP contribution in [0.25, 0.3) is 5.41 Å². The number of hydrogen-bond donors (Lipinski definition) is 0. The fraction of sp³-hybridized carbons (Fsp3) is 0.571. The quantitative estimate of drug-likeness (QED) is 0.511. The van der Waals surface area contributed by atoms with Gasteiger partial charge in [0.2, 0.25) is 0 Å². The van der Waals surface area contributed by atoms with E-state index in [-0.39, 0.29) is 31.4 Å². The number of nitrogens with zero attached hydrogens (tertiary/aromatic N) is 1. The van der Waals surface area contributed by atoms with E-state index in [1.165, 1.54) is 25.6 Å². The normalized spacial score (nSPS) is 8.70. The summed E-state index contributed by atoms with van der Waals surface area (Å²) in [6.45, 7) is 6.26. The zero-order valence-electron chi connectivity index (χ0n) is 6.88. The van der Waals surface area contributed by atoms with Crippen molar-refractivity contribution in [1.82, 2.24) is 0 Å². The zero-order valence-corrected chi connectivity index (χ0v) is 11.2. The molecule has 0 aromatic heterocycles. The third-order valence-corrected chi connectivity index (χ3v) is 3.44. The summed E-state index contributed by atoms with van der Waals surface area (Å²) in [5.41, 5.74) is 0.157. The molecule has 0 aliphatic heterocycles. The van der Waals surface area contributed by atoms with Gasteiger partial charge in [0.15, 0.2) is 0 Å². The largest absolute Gasteiger partial charge is 2.00 e. The van der Waals surface area contributed by atoms with Crippen molar-refractivity contribution in [3.05, 3.63) is 12.8 Å². The average molecular weight is 346 g/mol. The summed E-state index contributed by atoms with van der Waals surface area (Å²) in [5, 5.41) is 8.53. The standard InChI is InChI=1S/C6H10N.CH3.V.W/c1-6(2,3)4-5-7;;;/h5H,1-3H3;1H3;;/q2*-1;+2;. The second-order valence-electron chi connectivity index (χ2n) is 2.74. The first-order valence-electron chi connectivity index (χ1n) is 2.50. The van der Waals surface area contributed by atoms with Gasteiger partial charge in [-0.1, -0.05) is 0 Å². The van der Waals surface area contributed by atoms with Gasteiger partial charge < -0.3 is 7.43 Å². The van der Waals surface area contributed by atoms with Crippen LogP contribution < -0.4 is 0 Å². The second-order valence-corrected chi connectivity index (χ2v) is 4.32. The Bertz CT molecular complexity index is 115. The van der Waals surface area contributed by atoms with E-state index in [0.29, 0.717) is 0 Å². The fourth-order valence-electron chi connectivity index (χ4n) is 0.194. The van der Waals surface area contributed by atoms with Gasteiger partial charge in [-0.25, -0.2) is 0 Å². The Morgan fingerprint density at radius 1 is 1.40 bits per heavy atom. The third kappa shape index (κ3) is 6.93. The molecule has 57 valence electrons. The van der Waals surface area contributed by atoms with E-state index in [2.05, 4.69) is 20.8 Å². The Hall–Kier alpha value is 0.813. The minimum Gasteiger partial charge on any atom is -0.358 e. The van der Waals surface area contributed by atoms with Crippen molar-refractivity contribution in [2.24, 2.45) is 5.41 Å². The molecule has 10 heavy (non-hydrogen) atoms. The Kier molecular flexibility index (Phi) is 11.1. The molecule has 0 heterocycles. The van der Waals surface area contributed by atoms with Gasteiger partial charge in [-0.15, -0.1) is 0 Å². The molecule has 0 aliphatic carbocycles. The van der Waals surface area contributed by atoms with Gasteiger partial charge in [0, 0.05) is 0 Å². The Morgan fingerprint density at radius 2 is 1.70 bits per heavy atom. The first kappa shape index (κ1) is 17.1. The van der Waals surface area contributed by atoms with Crippen LogP contribution in [-0.2, 0) is 37.9 Å². The van der Waals surface area contributed by atoms with E-state index in [1.807, 2.05) is 0 Å². The molecular weight excluding hydrogens is 333 g/mol. The monoisotopic (exact) mass is 346 g/mol. The summed E-state index contributed by atoms with van der Waals surface area (Å²) >= 11 is 1.34. The SMILES string of the molecule is CC(C)(C)[C](=[W])C=[N-].[CH3-].[V+2]. The molecule has 0 fully saturated rings. The van der Waals surface area contributed by atoms with Crippen LogP contribution >= 0.6 is 0 Å². The van der Waals surface area contributed by atoms with Crippen molar-refractivity contribution in [3.63, 3.8) is 0 Å². The molecule has 0 unspecified atom stereocenters. The van der Waals surface area contributed by atoms with Crippen molar-refractivity contribution in [2.45, 2.75) is 20.8 Å². The predicted octanol–water partition coefficient (Wildman–Crippen LogP) is 1.84. The van der Waals surface area contributed by atoms with Crippen LogP contribution in [0, 0.1) is 12.8 Å². The van der Waals surface area contributed by atoms with E-state index in [1.54, 1.807) is 0 Å². The fourth-order valence-corrected chi connectivity index (χ4v) is 0.194. The molecule has 0 rings (SSSR count). The van der Waals surface area contributed by atoms with Crippen LogP contribution in [-0.4, -0.2) is 10.1 Å². The van der Waals surface area contributed by atoms with Gasteiger partial charge in [0.1, 0.15) is 0 Å². The average Bonchev–Trinajstić information content (AvgIpc) is 1.62. The maximum absolute atomic E-state index is 8.53. The summed E-state index contributed by atoms with van der Waals surface area (Å²) in [6, 6.07) is 0. The molecule has 0 aliphatic rings.